The number of Topliss-reactive ketones (excluding diaryl/α,β-unsaturated/α-hetero) is 1. The molecule has 2 aliphatic rings. The van der Waals surface area contributed by atoms with Gasteiger partial charge in [0.05, 0.1) is 28.0 Å². The number of fused-ring (bicyclic) bond motifs is 2. The van der Waals surface area contributed by atoms with E-state index < -0.39 is 34.3 Å². The standard InChI is InChI=1S/C19H23NO6/c1-4-5-20-11-6-12(21)13-14(17(11)24)16(23)10-8-19(3,26)18(2,25)7-9(10)15(13)22/h6,20,22-23,25-26H,4-5,7-8H2,1-3H3/t18-,19+/m1/s1. The number of carbonyl (C=O) groups is 2. The predicted octanol–water partition coefficient (Wildman–Crippen LogP) is 0.961. The van der Waals surface area contributed by atoms with E-state index >= 15 is 0 Å². The summed E-state index contributed by atoms with van der Waals surface area (Å²) in [4.78, 5) is 25.3. The van der Waals surface area contributed by atoms with E-state index in [0.29, 0.717) is 6.54 Å². The Labute approximate surface area is 151 Å². The van der Waals surface area contributed by atoms with E-state index in [1.807, 2.05) is 6.92 Å². The highest BCUT2D eigenvalue weighted by Gasteiger charge is 2.49. The Morgan fingerprint density at radius 3 is 2.00 bits per heavy atom. The molecule has 0 saturated carbocycles. The molecule has 0 aliphatic heterocycles. The van der Waals surface area contributed by atoms with E-state index in [4.69, 9.17) is 0 Å². The quantitative estimate of drug-likeness (QED) is 0.508. The molecule has 1 aromatic rings. The number of hydrogen-bond acceptors (Lipinski definition) is 7. The maximum absolute atomic E-state index is 12.7. The van der Waals surface area contributed by atoms with Gasteiger partial charge in [-0.05, 0) is 20.3 Å². The highest BCUT2D eigenvalue weighted by atomic mass is 16.4. The van der Waals surface area contributed by atoms with Crippen LogP contribution in [0.25, 0.3) is 0 Å². The van der Waals surface area contributed by atoms with Crippen LogP contribution in [-0.4, -0.2) is 49.7 Å². The fraction of sp³-hybridized carbons (Fsp3) is 0.474. The van der Waals surface area contributed by atoms with Crippen molar-refractivity contribution in [3.63, 3.8) is 0 Å². The van der Waals surface area contributed by atoms with Gasteiger partial charge in [0.2, 0.25) is 5.78 Å². The molecule has 0 spiro atoms. The summed E-state index contributed by atoms with van der Waals surface area (Å²) in [5.74, 6) is -2.02. The fourth-order valence-corrected chi connectivity index (χ4v) is 3.53. The number of ketones is 2. The Morgan fingerprint density at radius 1 is 1.00 bits per heavy atom. The van der Waals surface area contributed by atoms with Crippen molar-refractivity contribution in [3.8, 4) is 11.5 Å². The first-order chi connectivity index (χ1) is 12.0. The third-order valence-electron chi connectivity index (χ3n) is 5.42. The molecule has 5 N–H and O–H groups in total. The van der Waals surface area contributed by atoms with Crippen molar-refractivity contribution in [2.24, 2.45) is 0 Å². The lowest BCUT2D eigenvalue weighted by Gasteiger charge is -2.44. The molecule has 1 aromatic carbocycles. The van der Waals surface area contributed by atoms with Crippen LogP contribution in [-0.2, 0) is 12.8 Å². The summed E-state index contributed by atoms with van der Waals surface area (Å²) in [6.45, 7) is 5.23. The maximum Gasteiger partial charge on any atom is 0.213 e. The van der Waals surface area contributed by atoms with Gasteiger partial charge in [0.25, 0.3) is 0 Å². The summed E-state index contributed by atoms with van der Waals surface area (Å²) in [5, 5.41) is 45.2. The number of benzene rings is 1. The van der Waals surface area contributed by atoms with Crippen LogP contribution in [0.15, 0.2) is 11.8 Å². The van der Waals surface area contributed by atoms with Crippen molar-refractivity contribution < 1.29 is 30.0 Å². The van der Waals surface area contributed by atoms with Crippen LogP contribution >= 0.6 is 0 Å². The number of rotatable bonds is 3. The first kappa shape index (κ1) is 18.4. The zero-order chi connectivity index (χ0) is 19.4. The van der Waals surface area contributed by atoms with Crippen LogP contribution in [0, 0.1) is 0 Å². The fourth-order valence-electron chi connectivity index (χ4n) is 3.53. The van der Waals surface area contributed by atoms with Crippen molar-refractivity contribution in [2.75, 3.05) is 6.54 Å². The van der Waals surface area contributed by atoms with Gasteiger partial charge in [0, 0.05) is 36.6 Å². The SMILES string of the molecule is CCCNC1=CC(=O)c2c(O)c3c(c(O)c2C1=O)C[C@](C)(O)[C@](C)(O)C3. The van der Waals surface area contributed by atoms with Crippen molar-refractivity contribution in [3.05, 3.63) is 34.0 Å². The van der Waals surface area contributed by atoms with Crippen LogP contribution in [0.5, 0.6) is 11.5 Å². The number of nitrogens with one attached hydrogen (secondary N) is 1. The van der Waals surface area contributed by atoms with E-state index in [-0.39, 0.29) is 40.8 Å². The number of aliphatic hydroxyl groups is 2. The molecular formula is C19H23NO6. The molecule has 0 heterocycles. The predicted molar refractivity (Wildman–Crippen MR) is 93.5 cm³/mol. The molecule has 0 radical (unpaired) electrons. The summed E-state index contributed by atoms with van der Waals surface area (Å²) in [5.41, 5.74) is -3.24. The Kier molecular flexibility index (Phi) is 4.12. The van der Waals surface area contributed by atoms with Crippen molar-refractivity contribution in [1.82, 2.24) is 5.32 Å². The monoisotopic (exact) mass is 361 g/mol. The highest BCUT2D eigenvalue weighted by molar-refractivity contribution is 6.26. The minimum absolute atomic E-state index is 0.0635. The van der Waals surface area contributed by atoms with E-state index in [2.05, 4.69) is 5.32 Å². The van der Waals surface area contributed by atoms with Crippen LogP contribution < -0.4 is 5.32 Å². The van der Waals surface area contributed by atoms with E-state index in [1.54, 1.807) is 0 Å². The second kappa shape index (κ2) is 5.82. The molecule has 26 heavy (non-hydrogen) atoms. The summed E-state index contributed by atoms with van der Waals surface area (Å²) in [6.07, 6.45) is 1.53. The Hall–Kier alpha value is -2.38. The van der Waals surface area contributed by atoms with Crippen LogP contribution in [0.4, 0.5) is 0 Å². The Balaban J connectivity index is 2.21. The molecule has 0 unspecified atom stereocenters. The zero-order valence-electron chi connectivity index (χ0n) is 15.0. The van der Waals surface area contributed by atoms with Crippen LogP contribution in [0.3, 0.4) is 0 Å². The third kappa shape index (κ3) is 2.50. The summed E-state index contributed by atoms with van der Waals surface area (Å²) in [6, 6.07) is 0. The van der Waals surface area contributed by atoms with Crippen molar-refractivity contribution in [1.29, 1.82) is 0 Å². The molecule has 7 nitrogen and oxygen atoms in total. The summed E-state index contributed by atoms with van der Waals surface area (Å²) in [7, 11) is 0. The second-order valence-electron chi connectivity index (χ2n) is 7.48. The Bertz CT molecular complexity index is 850. The number of aromatic hydroxyl groups is 2. The first-order valence-corrected chi connectivity index (χ1v) is 8.60. The smallest absolute Gasteiger partial charge is 0.213 e. The van der Waals surface area contributed by atoms with E-state index in [1.165, 1.54) is 13.8 Å². The van der Waals surface area contributed by atoms with Gasteiger partial charge >= 0.3 is 0 Å². The molecule has 2 atom stereocenters. The lowest BCUT2D eigenvalue weighted by Crippen LogP contribution is -2.55. The van der Waals surface area contributed by atoms with E-state index in [9.17, 15) is 30.0 Å². The number of carbonyl (C=O) groups excluding carboxylic acids is 2. The topological polar surface area (TPSA) is 127 Å². The molecule has 7 heteroatoms. The minimum atomic E-state index is -1.57. The lowest BCUT2D eigenvalue weighted by molar-refractivity contribution is -0.135. The molecule has 0 bridgehead atoms. The number of allylic oxidation sites excluding steroid dienone is 2. The Morgan fingerprint density at radius 2 is 1.50 bits per heavy atom. The van der Waals surface area contributed by atoms with Gasteiger partial charge in [0.1, 0.15) is 11.5 Å². The van der Waals surface area contributed by atoms with Crippen LogP contribution in [0.2, 0.25) is 0 Å². The van der Waals surface area contributed by atoms with E-state index in [0.717, 1.165) is 12.5 Å². The minimum Gasteiger partial charge on any atom is -0.507 e. The van der Waals surface area contributed by atoms with Gasteiger partial charge in [-0.2, -0.15) is 0 Å². The third-order valence-corrected chi connectivity index (χ3v) is 5.42. The van der Waals surface area contributed by atoms with Gasteiger partial charge in [-0.15, -0.1) is 0 Å². The molecule has 140 valence electrons. The molecule has 0 amide bonds. The average Bonchev–Trinajstić information content (AvgIpc) is 2.54. The number of phenols is 2. The first-order valence-electron chi connectivity index (χ1n) is 8.60. The molecule has 3 rings (SSSR count). The van der Waals surface area contributed by atoms with Gasteiger partial charge in [0.15, 0.2) is 5.78 Å². The summed E-state index contributed by atoms with van der Waals surface area (Å²) >= 11 is 0. The van der Waals surface area contributed by atoms with Crippen molar-refractivity contribution >= 4 is 11.6 Å². The largest absolute Gasteiger partial charge is 0.507 e. The molecule has 0 fully saturated rings. The summed E-state index contributed by atoms with van der Waals surface area (Å²) < 4.78 is 0. The normalized spacial score (nSPS) is 27.7. The van der Waals surface area contributed by atoms with Gasteiger partial charge in [-0.25, -0.2) is 0 Å². The van der Waals surface area contributed by atoms with Gasteiger partial charge < -0.3 is 25.7 Å². The second-order valence-corrected chi connectivity index (χ2v) is 7.48. The maximum atomic E-state index is 12.7. The molecular weight excluding hydrogens is 338 g/mol. The van der Waals surface area contributed by atoms with Gasteiger partial charge in [-0.1, -0.05) is 6.92 Å². The van der Waals surface area contributed by atoms with Crippen LogP contribution in [0.1, 0.15) is 59.0 Å². The molecule has 0 saturated heterocycles. The lowest BCUT2D eigenvalue weighted by atomic mass is 9.69. The molecule has 2 aliphatic carbocycles. The molecule has 0 aromatic heterocycles. The number of phenolic OH excluding ortho intramolecular Hbond substituents is 2. The van der Waals surface area contributed by atoms with Crippen molar-refractivity contribution in [2.45, 2.75) is 51.2 Å². The average molecular weight is 361 g/mol. The zero-order valence-corrected chi connectivity index (χ0v) is 15.0. The highest BCUT2D eigenvalue weighted by Crippen LogP contribution is 2.48. The van der Waals surface area contributed by atoms with Gasteiger partial charge in [-0.3, -0.25) is 9.59 Å². The number of hydrogen-bond donors (Lipinski definition) is 5.